The van der Waals surface area contributed by atoms with Crippen LogP contribution in [0.3, 0.4) is 0 Å². The van der Waals surface area contributed by atoms with E-state index in [2.05, 4.69) is 4.90 Å². The lowest BCUT2D eigenvalue weighted by atomic mass is 10.1. The zero-order valence-corrected chi connectivity index (χ0v) is 7.18. The molecule has 0 aliphatic carbocycles. The van der Waals surface area contributed by atoms with Crippen LogP contribution >= 0.6 is 0 Å². The molecule has 1 rings (SSSR count). The first-order valence-corrected chi connectivity index (χ1v) is 4.25. The molecule has 68 valence electrons. The summed E-state index contributed by atoms with van der Waals surface area (Å²) in [5, 5.41) is 7.03. The van der Waals surface area contributed by atoms with Crippen molar-refractivity contribution in [2.75, 3.05) is 19.6 Å². The number of Topliss-reactive ketones (excluding diaryl/α,β-unsaturated/α-hetero) is 1. The molecule has 0 atom stereocenters. The highest BCUT2D eigenvalue weighted by Crippen LogP contribution is 2.05. The molecule has 0 aromatic rings. The standard InChI is InChI=1S/C8H15N3O/c9-8(10)3-5-11-4-1-2-7(12)6-11/h1-6H2,(H3,9,10). The number of carbonyl (C=O) groups is 1. The van der Waals surface area contributed by atoms with Gasteiger partial charge in [0.25, 0.3) is 0 Å². The van der Waals surface area contributed by atoms with E-state index in [4.69, 9.17) is 11.1 Å². The van der Waals surface area contributed by atoms with E-state index in [0.29, 0.717) is 18.7 Å². The summed E-state index contributed by atoms with van der Waals surface area (Å²) < 4.78 is 0. The largest absolute Gasteiger partial charge is 0.388 e. The molecule has 0 aromatic heterocycles. The van der Waals surface area contributed by atoms with E-state index in [0.717, 1.165) is 25.9 Å². The summed E-state index contributed by atoms with van der Waals surface area (Å²) >= 11 is 0. The highest BCUT2D eigenvalue weighted by molar-refractivity contribution is 5.81. The van der Waals surface area contributed by atoms with Gasteiger partial charge in [0, 0.05) is 19.4 Å². The third-order valence-corrected chi connectivity index (χ3v) is 2.03. The molecule has 0 amide bonds. The smallest absolute Gasteiger partial charge is 0.146 e. The van der Waals surface area contributed by atoms with Crippen molar-refractivity contribution in [3.63, 3.8) is 0 Å². The molecule has 12 heavy (non-hydrogen) atoms. The van der Waals surface area contributed by atoms with Gasteiger partial charge >= 0.3 is 0 Å². The van der Waals surface area contributed by atoms with Crippen LogP contribution in [0.15, 0.2) is 0 Å². The lowest BCUT2D eigenvalue weighted by molar-refractivity contribution is -0.122. The highest BCUT2D eigenvalue weighted by atomic mass is 16.1. The predicted molar refractivity (Wildman–Crippen MR) is 47.2 cm³/mol. The fourth-order valence-electron chi connectivity index (χ4n) is 1.38. The second-order valence-electron chi connectivity index (χ2n) is 3.19. The topological polar surface area (TPSA) is 70.2 Å². The van der Waals surface area contributed by atoms with Gasteiger partial charge in [0.15, 0.2) is 0 Å². The van der Waals surface area contributed by atoms with E-state index in [1.54, 1.807) is 0 Å². The molecule has 0 radical (unpaired) electrons. The molecule has 0 saturated carbocycles. The summed E-state index contributed by atoms with van der Waals surface area (Å²) in [5.41, 5.74) is 5.22. The average Bonchev–Trinajstić information content (AvgIpc) is 2.01. The first-order valence-electron chi connectivity index (χ1n) is 4.25. The molecule has 0 aromatic carbocycles. The Balaban J connectivity index is 2.23. The van der Waals surface area contributed by atoms with Crippen molar-refractivity contribution >= 4 is 11.6 Å². The van der Waals surface area contributed by atoms with E-state index < -0.39 is 0 Å². The molecule has 1 saturated heterocycles. The van der Waals surface area contributed by atoms with Crippen LogP contribution in [0.1, 0.15) is 19.3 Å². The van der Waals surface area contributed by atoms with Crippen molar-refractivity contribution in [2.45, 2.75) is 19.3 Å². The van der Waals surface area contributed by atoms with E-state index in [9.17, 15) is 4.79 Å². The van der Waals surface area contributed by atoms with Crippen molar-refractivity contribution in [2.24, 2.45) is 5.73 Å². The Labute approximate surface area is 72.2 Å². The number of hydrogen-bond acceptors (Lipinski definition) is 3. The summed E-state index contributed by atoms with van der Waals surface area (Å²) in [6, 6.07) is 0. The maximum absolute atomic E-state index is 11.0. The molecule has 0 spiro atoms. The van der Waals surface area contributed by atoms with Crippen LogP contribution in [0.5, 0.6) is 0 Å². The van der Waals surface area contributed by atoms with Gasteiger partial charge in [-0.3, -0.25) is 15.1 Å². The first-order chi connectivity index (χ1) is 5.68. The van der Waals surface area contributed by atoms with Gasteiger partial charge < -0.3 is 5.73 Å². The predicted octanol–water partition coefficient (Wildman–Crippen LogP) is -0.0226. The molecule has 1 fully saturated rings. The first kappa shape index (κ1) is 9.19. The number of carbonyl (C=O) groups excluding carboxylic acids is 1. The monoisotopic (exact) mass is 169 g/mol. The minimum Gasteiger partial charge on any atom is -0.388 e. The number of likely N-dealkylation sites (tertiary alicyclic amines) is 1. The second kappa shape index (κ2) is 4.21. The maximum atomic E-state index is 11.0. The average molecular weight is 169 g/mol. The molecule has 1 aliphatic heterocycles. The van der Waals surface area contributed by atoms with Gasteiger partial charge in [-0.05, 0) is 13.0 Å². The number of amidine groups is 1. The second-order valence-corrected chi connectivity index (χ2v) is 3.19. The Morgan fingerprint density at radius 3 is 3.00 bits per heavy atom. The quantitative estimate of drug-likeness (QED) is 0.460. The van der Waals surface area contributed by atoms with Gasteiger partial charge in [-0.1, -0.05) is 0 Å². The molecule has 3 N–H and O–H groups in total. The summed E-state index contributed by atoms with van der Waals surface area (Å²) in [6.45, 7) is 2.27. The van der Waals surface area contributed by atoms with Gasteiger partial charge in [0.1, 0.15) is 5.78 Å². The van der Waals surface area contributed by atoms with E-state index in [-0.39, 0.29) is 5.84 Å². The van der Waals surface area contributed by atoms with Gasteiger partial charge in [0.2, 0.25) is 0 Å². The number of piperidine rings is 1. The Kier molecular flexibility index (Phi) is 3.22. The van der Waals surface area contributed by atoms with Crippen molar-refractivity contribution in [1.82, 2.24) is 4.90 Å². The lowest BCUT2D eigenvalue weighted by Gasteiger charge is -2.24. The highest BCUT2D eigenvalue weighted by Gasteiger charge is 2.15. The van der Waals surface area contributed by atoms with Crippen LogP contribution in [0.4, 0.5) is 0 Å². The van der Waals surface area contributed by atoms with Crippen molar-refractivity contribution in [1.29, 1.82) is 5.41 Å². The van der Waals surface area contributed by atoms with Crippen LogP contribution in [0.2, 0.25) is 0 Å². The minimum absolute atomic E-state index is 0.202. The fraction of sp³-hybridized carbons (Fsp3) is 0.750. The third kappa shape index (κ3) is 3.00. The number of rotatable bonds is 3. The number of ketones is 1. The molecule has 0 unspecified atom stereocenters. The number of hydrogen-bond donors (Lipinski definition) is 2. The van der Waals surface area contributed by atoms with Crippen LogP contribution < -0.4 is 5.73 Å². The summed E-state index contributed by atoms with van der Waals surface area (Å²) in [4.78, 5) is 13.1. The molecule has 1 heterocycles. The van der Waals surface area contributed by atoms with Crippen LogP contribution in [-0.2, 0) is 4.79 Å². The maximum Gasteiger partial charge on any atom is 0.146 e. The third-order valence-electron chi connectivity index (χ3n) is 2.03. The fourth-order valence-corrected chi connectivity index (χ4v) is 1.38. The van der Waals surface area contributed by atoms with Crippen LogP contribution in [0.25, 0.3) is 0 Å². The summed E-state index contributed by atoms with van der Waals surface area (Å²) in [5.74, 6) is 0.512. The Bertz CT molecular complexity index is 191. The van der Waals surface area contributed by atoms with Crippen molar-refractivity contribution < 1.29 is 4.79 Å². The molecule has 1 aliphatic rings. The van der Waals surface area contributed by atoms with Crippen molar-refractivity contribution in [3.8, 4) is 0 Å². The lowest BCUT2D eigenvalue weighted by Crippen LogP contribution is -2.37. The molecular weight excluding hydrogens is 154 g/mol. The van der Waals surface area contributed by atoms with E-state index in [1.807, 2.05) is 0 Å². The van der Waals surface area contributed by atoms with Crippen LogP contribution in [-0.4, -0.2) is 36.2 Å². The zero-order chi connectivity index (χ0) is 8.97. The molecule has 4 nitrogen and oxygen atoms in total. The number of nitrogens with two attached hydrogens (primary N) is 1. The molecule has 0 bridgehead atoms. The summed E-state index contributed by atoms with van der Waals surface area (Å²) in [7, 11) is 0. The Hall–Kier alpha value is -0.900. The zero-order valence-electron chi connectivity index (χ0n) is 7.18. The van der Waals surface area contributed by atoms with Crippen LogP contribution in [0, 0.1) is 5.41 Å². The normalized spacial score (nSPS) is 19.5. The van der Waals surface area contributed by atoms with E-state index >= 15 is 0 Å². The number of nitrogens with one attached hydrogen (secondary N) is 1. The van der Waals surface area contributed by atoms with Gasteiger partial charge in [-0.25, -0.2) is 0 Å². The van der Waals surface area contributed by atoms with Gasteiger partial charge in [-0.2, -0.15) is 0 Å². The number of nitrogens with zero attached hydrogens (tertiary/aromatic N) is 1. The summed E-state index contributed by atoms with van der Waals surface area (Å²) in [6.07, 6.45) is 2.25. The van der Waals surface area contributed by atoms with E-state index in [1.165, 1.54) is 0 Å². The molecule has 4 heteroatoms. The van der Waals surface area contributed by atoms with Gasteiger partial charge in [-0.15, -0.1) is 0 Å². The van der Waals surface area contributed by atoms with Crippen molar-refractivity contribution in [3.05, 3.63) is 0 Å². The molecular formula is C8H15N3O. The Morgan fingerprint density at radius 2 is 2.42 bits per heavy atom. The Morgan fingerprint density at radius 1 is 1.67 bits per heavy atom. The minimum atomic E-state index is 0.202. The van der Waals surface area contributed by atoms with Gasteiger partial charge in [0.05, 0.1) is 12.4 Å². The SMILES string of the molecule is N=C(N)CCN1CCCC(=O)C1.